The van der Waals surface area contributed by atoms with E-state index in [1.54, 1.807) is 19.2 Å². The highest BCUT2D eigenvalue weighted by molar-refractivity contribution is 6.23. The molecule has 2 fully saturated rings. The van der Waals surface area contributed by atoms with Crippen molar-refractivity contribution in [2.75, 3.05) is 33.4 Å². The number of hydrogen-bond donors (Lipinski definition) is 2. The molecule has 3 aliphatic heterocycles. The largest absolute Gasteiger partial charge is 0.383 e. The van der Waals surface area contributed by atoms with Gasteiger partial charge in [0.2, 0.25) is 11.8 Å². The lowest BCUT2D eigenvalue weighted by Gasteiger charge is -2.39. The first kappa shape index (κ1) is 19.7. The number of carbonyl (C=O) groups excluding carboxylic acids is 4. The van der Waals surface area contributed by atoms with Gasteiger partial charge in [-0.1, -0.05) is 6.07 Å². The summed E-state index contributed by atoms with van der Waals surface area (Å²) in [5, 5.41) is 5.61. The molecule has 1 atom stereocenters. The van der Waals surface area contributed by atoms with Crippen LogP contribution >= 0.6 is 0 Å². The van der Waals surface area contributed by atoms with Crippen molar-refractivity contribution in [2.24, 2.45) is 0 Å². The predicted octanol–water partition coefficient (Wildman–Crippen LogP) is -0.492. The third kappa shape index (κ3) is 3.81. The van der Waals surface area contributed by atoms with Crippen molar-refractivity contribution in [2.45, 2.75) is 31.5 Å². The zero-order valence-corrected chi connectivity index (χ0v) is 16.3. The molecule has 2 N–H and O–H groups in total. The number of benzene rings is 1. The average Bonchev–Trinajstić information content (AvgIpc) is 2.90. The maximum atomic E-state index is 12.9. The van der Waals surface area contributed by atoms with Crippen LogP contribution in [0.3, 0.4) is 0 Å². The number of piperidine rings is 1. The molecular formula is C20H24N4O5. The summed E-state index contributed by atoms with van der Waals surface area (Å²) in [6, 6.07) is 4.76. The summed E-state index contributed by atoms with van der Waals surface area (Å²) in [6.07, 6.45) is 0.276. The number of nitrogens with one attached hydrogen (secondary N) is 2. The Kier molecular flexibility index (Phi) is 5.44. The smallest absolute Gasteiger partial charge is 0.262 e. The molecule has 0 aliphatic carbocycles. The fourth-order valence-electron chi connectivity index (χ4n) is 4.07. The standard InChI is InChI=1S/C20H24N4O5/c1-29-7-6-21-13-10-23(11-13)9-12-2-3-14-15(8-12)20(28)24(19(14)27)16-4-5-17(25)22-18(16)26/h2-3,8,13,16,21H,4-7,9-11H2,1H3,(H,22,25,26). The van der Waals surface area contributed by atoms with Gasteiger partial charge in [0.1, 0.15) is 6.04 Å². The van der Waals surface area contributed by atoms with E-state index in [9.17, 15) is 19.2 Å². The maximum absolute atomic E-state index is 12.9. The Morgan fingerprint density at radius 3 is 2.62 bits per heavy atom. The second-order valence-corrected chi connectivity index (χ2v) is 7.67. The van der Waals surface area contributed by atoms with Gasteiger partial charge in [-0.15, -0.1) is 0 Å². The monoisotopic (exact) mass is 400 g/mol. The van der Waals surface area contributed by atoms with Crippen LogP contribution in [0.4, 0.5) is 0 Å². The Morgan fingerprint density at radius 1 is 1.14 bits per heavy atom. The summed E-state index contributed by atoms with van der Waals surface area (Å²) < 4.78 is 5.03. The van der Waals surface area contributed by atoms with Crippen molar-refractivity contribution < 1.29 is 23.9 Å². The fraction of sp³-hybridized carbons (Fsp3) is 0.500. The molecule has 3 aliphatic rings. The number of amides is 4. The van der Waals surface area contributed by atoms with Gasteiger partial charge in [-0.2, -0.15) is 0 Å². The molecule has 0 radical (unpaired) electrons. The number of likely N-dealkylation sites (tertiary alicyclic amines) is 1. The van der Waals surface area contributed by atoms with E-state index in [1.165, 1.54) is 0 Å². The average molecular weight is 400 g/mol. The molecule has 0 bridgehead atoms. The quantitative estimate of drug-likeness (QED) is 0.470. The van der Waals surface area contributed by atoms with E-state index in [2.05, 4.69) is 15.5 Å². The van der Waals surface area contributed by atoms with E-state index in [-0.39, 0.29) is 18.7 Å². The van der Waals surface area contributed by atoms with Crippen molar-refractivity contribution in [3.05, 3.63) is 34.9 Å². The van der Waals surface area contributed by atoms with Gasteiger partial charge in [0, 0.05) is 45.8 Å². The van der Waals surface area contributed by atoms with Crippen LogP contribution in [0.25, 0.3) is 0 Å². The molecular weight excluding hydrogens is 376 g/mol. The molecule has 154 valence electrons. The molecule has 1 aromatic carbocycles. The second kappa shape index (κ2) is 8.02. The summed E-state index contributed by atoms with van der Waals surface area (Å²) in [5.74, 6) is -1.92. The number of ether oxygens (including phenoxy) is 1. The molecule has 3 heterocycles. The van der Waals surface area contributed by atoms with Crippen LogP contribution in [-0.2, 0) is 20.9 Å². The number of imide groups is 2. The Bertz CT molecular complexity index is 864. The van der Waals surface area contributed by atoms with Crippen LogP contribution in [0.2, 0.25) is 0 Å². The fourth-order valence-corrected chi connectivity index (χ4v) is 4.07. The van der Waals surface area contributed by atoms with Crippen molar-refractivity contribution in [3.8, 4) is 0 Å². The zero-order valence-electron chi connectivity index (χ0n) is 16.3. The normalized spacial score (nSPS) is 22.7. The molecule has 9 heteroatoms. The van der Waals surface area contributed by atoms with Gasteiger partial charge in [0.25, 0.3) is 11.8 Å². The molecule has 29 heavy (non-hydrogen) atoms. The molecule has 9 nitrogen and oxygen atoms in total. The minimum absolute atomic E-state index is 0.115. The van der Waals surface area contributed by atoms with Gasteiger partial charge in [-0.25, -0.2) is 0 Å². The number of fused-ring (bicyclic) bond motifs is 1. The van der Waals surface area contributed by atoms with E-state index < -0.39 is 23.8 Å². The summed E-state index contributed by atoms with van der Waals surface area (Å²) in [5.41, 5.74) is 1.59. The van der Waals surface area contributed by atoms with E-state index >= 15 is 0 Å². The molecule has 0 aromatic heterocycles. The molecule has 4 amide bonds. The molecule has 2 saturated heterocycles. The third-order valence-electron chi connectivity index (χ3n) is 5.61. The van der Waals surface area contributed by atoms with Crippen LogP contribution < -0.4 is 10.6 Å². The molecule has 1 aromatic rings. The minimum atomic E-state index is -0.933. The van der Waals surface area contributed by atoms with Crippen LogP contribution in [0.15, 0.2) is 18.2 Å². The lowest BCUT2D eigenvalue weighted by Crippen LogP contribution is -2.57. The van der Waals surface area contributed by atoms with Crippen LogP contribution in [0, 0.1) is 0 Å². The van der Waals surface area contributed by atoms with Crippen molar-refractivity contribution in [3.63, 3.8) is 0 Å². The van der Waals surface area contributed by atoms with Gasteiger partial charge in [-0.05, 0) is 24.1 Å². The van der Waals surface area contributed by atoms with Crippen LogP contribution in [0.5, 0.6) is 0 Å². The zero-order chi connectivity index (χ0) is 20.5. The van der Waals surface area contributed by atoms with E-state index in [1.807, 2.05) is 6.07 Å². The maximum Gasteiger partial charge on any atom is 0.262 e. The topological polar surface area (TPSA) is 108 Å². The Morgan fingerprint density at radius 2 is 1.90 bits per heavy atom. The highest BCUT2D eigenvalue weighted by atomic mass is 16.5. The summed E-state index contributed by atoms with van der Waals surface area (Å²) in [4.78, 5) is 52.3. The van der Waals surface area contributed by atoms with E-state index in [0.717, 1.165) is 30.1 Å². The first-order valence-corrected chi connectivity index (χ1v) is 9.77. The molecule has 1 unspecified atom stereocenters. The van der Waals surface area contributed by atoms with E-state index in [0.29, 0.717) is 30.3 Å². The highest BCUT2D eigenvalue weighted by Crippen LogP contribution is 2.29. The van der Waals surface area contributed by atoms with Gasteiger partial charge in [0.15, 0.2) is 0 Å². The summed E-state index contributed by atoms with van der Waals surface area (Å²) in [7, 11) is 1.68. The first-order valence-electron chi connectivity index (χ1n) is 9.77. The molecule has 0 saturated carbocycles. The highest BCUT2D eigenvalue weighted by Gasteiger charge is 2.44. The second-order valence-electron chi connectivity index (χ2n) is 7.67. The van der Waals surface area contributed by atoms with Crippen molar-refractivity contribution >= 4 is 23.6 Å². The lowest BCUT2D eigenvalue weighted by molar-refractivity contribution is -0.136. The van der Waals surface area contributed by atoms with Crippen LogP contribution in [-0.4, -0.2) is 78.9 Å². The SMILES string of the molecule is COCCNC1CN(Cc2ccc3c(c2)C(=O)N(C2CCC(=O)NC2=O)C3=O)C1. The molecule has 0 spiro atoms. The van der Waals surface area contributed by atoms with Gasteiger partial charge < -0.3 is 10.1 Å². The lowest BCUT2D eigenvalue weighted by atomic mass is 10.0. The number of hydrogen-bond acceptors (Lipinski definition) is 7. The number of rotatable bonds is 7. The Labute approximate surface area is 168 Å². The van der Waals surface area contributed by atoms with E-state index in [4.69, 9.17) is 4.74 Å². The van der Waals surface area contributed by atoms with Crippen LogP contribution in [0.1, 0.15) is 39.1 Å². The van der Waals surface area contributed by atoms with Crippen molar-refractivity contribution in [1.82, 2.24) is 20.4 Å². The third-order valence-corrected chi connectivity index (χ3v) is 5.61. The Hall–Kier alpha value is -2.62. The summed E-state index contributed by atoms with van der Waals surface area (Å²) in [6.45, 7) is 4.02. The predicted molar refractivity (Wildman–Crippen MR) is 102 cm³/mol. The van der Waals surface area contributed by atoms with Gasteiger partial charge in [-0.3, -0.25) is 34.3 Å². The van der Waals surface area contributed by atoms with Gasteiger partial charge >= 0.3 is 0 Å². The first-order chi connectivity index (χ1) is 14.0. The van der Waals surface area contributed by atoms with Gasteiger partial charge in [0.05, 0.1) is 17.7 Å². The number of carbonyl (C=O) groups is 4. The number of nitrogens with zero attached hydrogens (tertiary/aromatic N) is 2. The Balaban J connectivity index is 1.40. The van der Waals surface area contributed by atoms with Crippen molar-refractivity contribution in [1.29, 1.82) is 0 Å². The summed E-state index contributed by atoms with van der Waals surface area (Å²) >= 11 is 0. The molecule has 4 rings (SSSR count). The number of methoxy groups -OCH3 is 1. The minimum Gasteiger partial charge on any atom is -0.383 e.